The summed E-state index contributed by atoms with van der Waals surface area (Å²) < 4.78 is 0. The maximum Gasteiger partial charge on any atom is 0.173 e. The third-order valence-electron chi connectivity index (χ3n) is 2.36. The first-order valence-corrected chi connectivity index (χ1v) is 5.37. The van der Waals surface area contributed by atoms with Crippen molar-refractivity contribution in [3.8, 4) is 0 Å². The number of thiophene rings is 1. The van der Waals surface area contributed by atoms with E-state index in [1.807, 2.05) is 19.1 Å². The average Bonchev–Trinajstić information content (AvgIpc) is 2.44. The first-order chi connectivity index (χ1) is 6.25. The zero-order valence-electron chi connectivity index (χ0n) is 7.67. The molecular weight excluding hydrogens is 182 g/mol. The van der Waals surface area contributed by atoms with E-state index < -0.39 is 0 Å². The van der Waals surface area contributed by atoms with Crippen molar-refractivity contribution < 1.29 is 4.79 Å². The summed E-state index contributed by atoms with van der Waals surface area (Å²) in [6, 6.07) is 3.95. The number of rotatable bonds is 3. The Morgan fingerprint density at radius 1 is 1.62 bits per heavy atom. The van der Waals surface area contributed by atoms with E-state index in [2.05, 4.69) is 5.32 Å². The van der Waals surface area contributed by atoms with Crippen LogP contribution < -0.4 is 5.32 Å². The summed E-state index contributed by atoms with van der Waals surface area (Å²) in [6.07, 6.45) is 0.715. The molecule has 1 aliphatic heterocycles. The van der Waals surface area contributed by atoms with Gasteiger partial charge >= 0.3 is 0 Å². The van der Waals surface area contributed by atoms with E-state index in [4.69, 9.17) is 0 Å². The third-order valence-corrected chi connectivity index (χ3v) is 3.40. The Labute approximate surface area is 82.0 Å². The number of Topliss-reactive ketones (excluding diaryl/α,β-unsaturated/α-hetero) is 1. The van der Waals surface area contributed by atoms with Crippen molar-refractivity contribution in [2.45, 2.75) is 13.3 Å². The molecule has 13 heavy (non-hydrogen) atoms. The molecule has 0 aliphatic carbocycles. The number of aryl methyl sites for hydroxylation is 1. The van der Waals surface area contributed by atoms with Crippen LogP contribution in [-0.2, 0) is 0 Å². The smallest absolute Gasteiger partial charge is 0.173 e. The maximum absolute atomic E-state index is 11.6. The average molecular weight is 195 g/mol. The standard InChI is InChI=1S/C10H13NOS/c1-7-2-3-10(13-7)9(12)4-8-5-11-6-8/h2-3,8,11H,4-6H2,1H3. The molecule has 0 unspecified atom stereocenters. The highest BCUT2D eigenvalue weighted by Crippen LogP contribution is 2.20. The van der Waals surface area contributed by atoms with Gasteiger partial charge in [-0.3, -0.25) is 4.79 Å². The van der Waals surface area contributed by atoms with E-state index in [9.17, 15) is 4.79 Å². The maximum atomic E-state index is 11.6. The van der Waals surface area contributed by atoms with Crippen LogP contribution in [0.15, 0.2) is 12.1 Å². The second kappa shape index (κ2) is 3.60. The van der Waals surface area contributed by atoms with Crippen LogP contribution in [0, 0.1) is 12.8 Å². The predicted molar refractivity (Wildman–Crippen MR) is 54.4 cm³/mol. The van der Waals surface area contributed by atoms with Crippen LogP contribution in [0.4, 0.5) is 0 Å². The number of nitrogens with one attached hydrogen (secondary N) is 1. The van der Waals surface area contributed by atoms with E-state index in [-0.39, 0.29) is 0 Å². The van der Waals surface area contributed by atoms with E-state index >= 15 is 0 Å². The molecule has 1 aliphatic rings. The first kappa shape index (κ1) is 8.91. The minimum Gasteiger partial charge on any atom is -0.316 e. The number of carbonyl (C=O) groups excluding carboxylic acids is 1. The van der Waals surface area contributed by atoms with Gasteiger partial charge in [0.2, 0.25) is 0 Å². The van der Waals surface area contributed by atoms with Gasteiger partial charge in [-0.1, -0.05) is 0 Å². The fourth-order valence-corrected chi connectivity index (χ4v) is 2.26. The van der Waals surface area contributed by atoms with Crippen LogP contribution in [0.5, 0.6) is 0 Å². The molecule has 0 saturated carbocycles. The van der Waals surface area contributed by atoms with Gasteiger partial charge in [0, 0.05) is 11.3 Å². The fraction of sp³-hybridized carbons (Fsp3) is 0.500. The fourth-order valence-electron chi connectivity index (χ4n) is 1.44. The highest BCUT2D eigenvalue weighted by molar-refractivity contribution is 7.14. The molecule has 1 aromatic heterocycles. The Kier molecular flexibility index (Phi) is 2.47. The Morgan fingerprint density at radius 3 is 2.85 bits per heavy atom. The van der Waals surface area contributed by atoms with Crippen molar-refractivity contribution >= 4 is 17.1 Å². The minimum atomic E-state index is 0.310. The van der Waals surface area contributed by atoms with Gasteiger partial charge in [-0.15, -0.1) is 11.3 Å². The third kappa shape index (κ3) is 1.98. The predicted octanol–water partition coefficient (Wildman–Crippen LogP) is 1.85. The van der Waals surface area contributed by atoms with Crippen molar-refractivity contribution in [3.05, 3.63) is 21.9 Å². The lowest BCUT2D eigenvalue weighted by Crippen LogP contribution is -2.42. The molecule has 2 nitrogen and oxygen atoms in total. The van der Waals surface area contributed by atoms with E-state index in [1.165, 1.54) is 4.88 Å². The number of carbonyl (C=O) groups is 1. The van der Waals surface area contributed by atoms with E-state index in [1.54, 1.807) is 11.3 Å². The monoisotopic (exact) mass is 195 g/mol. The highest BCUT2D eigenvalue weighted by Gasteiger charge is 2.21. The SMILES string of the molecule is Cc1ccc(C(=O)CC2CNC2)s1. The molecule has 0 amide bonds. The Morgan fingerprint density at radius 2 is 2.38 bits per heavy atom. The van der Waals surface area contributed by atoms with E-state index in [0.717, 1.165) is 18.0 Å². The lowest BCUT2D eigenvalue weighted by Gasteiger charge is -2.25. The zero-order valence-corrected chi connectivity index (χ0v) is 8.49. The van der Waals surface area contributed by atoms with Crippen molar-refractivity contribution in [2.75, 3.05) is 13.1 Å². The summed E-state index contributed by atoms with van der Waals surface area (Å²) in [4.78, 5) is 13.8. The topological polar surface area (TPSA) is 29.1 Å². The molecule has 0 spiro atoms. The molecule has 0 bridgehead atoms. The molecule has 0 atom stereocenters. The summed E-state index contributed by atoms with van der Waals surface area (Å²) in [5, 5.41) is 3.17. The quantitative estimate of drug-likeness (QED) is 0.746. The van der Waals surface area contributed by atoms with Crippen LogP contribution in [0.3, 0.4) is 0 Å². The van der Waals surface area contributed by atoms with Gasteiger partial charge in [-0.05, 0) is 38.1 Å². The summed E-state index contributed by atoms with van der Waals surface area (Å²) in [6.45, 7) is 4.05. The molecule has 1 aromatic rings. The summed E-state index contributed by atoms with van der Waals surface area (Å²) in [7, 11) is 0. The van der Waals surface area contributed by atoms with Gasteiger partial charge < -0.3 is 5.32 Å². The molecule has 0 radical (unpaired) electrons. The van der Waals surface area contributed by atoms with Crippen molar-refractivity contribution in [2.24, 2.45) is 5.92 Å². The van der Waals surface area contributed by atoms with Crippen LogP contribution in [0.1, 0.15) is 21.0 Å². The normalized spacial score (nSPS) is 17.0. The molecule has 1 N–H and O–H groups in total. The van der Waals surface area contributed by atoms with Crippen LogP contribution in [0.25, 0.3) is 0 Å². The van der Waals surface area contributed by atoms with Crippen LogP contribution in [-0.4, -0.2) is 18.9 Å². The Balaban J connectivity index is 1.96. The minimum absolute atomic E-state index is 0.310. The van der Waals surface area contributed by atoms with Crippen molar-refractivity contribution in [3.63, 3.8) is 0 Å². The molecule has 3 heteroatoms. The summed E-state index contributed by atoms with van der Waals surface area (Å²) in [5.41, 5.74) is 0. The lowest BCUT2D eigenvalue weighted by molar-refractivity contribution is 0.0949. The highest BCUT2D eigenvalue weighted by atomic mass is 32.1. The van der Waals surface area contributed by atoms with Gasteiger partial charge in [0.25, 0.3) is 0 Å². The Bertz CT molecular complexity index is 314. The summed E-state index contributed by atoms with van der Waals surface area (Å²) >= 11 is 1.60. The van der Waals surface area contributed by atoms with Crippen molar-refractivity contribution in [1.29, 1.82) is 0 Å². The zero-order chi connectivity index (χ0) is 9.26. The molecule has 1 saturated heterocycles. The molecular formula is C10H13NOS. The van der Waals surface area contributed by atoms with Crippen LogP contribution in [0.2, 0.25) is 0 Å². The molecule has 1 fully saturated rings. The van der Waals surface area contributed by atoms with Gasteiger partial charge in [0.15, 0.2) is 5.78 Å². The number of hydrogen-bond donors (Lipinski definition) is 1. The second-order valence-corrected chi connectivity index (χ2v) is 4.85. The van der Waals surface area contributed by atoms with Gasteiger partial charge in [0.05, 0.1) is 4.88 Å². The molecule has 2 heterocycles. The van der Waals surface area contributed by atoms with Crippen LogP contribution >= 0.6 is 11.3 Å². The lowest BCUT2D eigenvalue weighted by atomic mass is 9.96. The molecule has 70 valence electrons. The van der Waals surface area contributed by atoms with Gasteiger partial charge in [0.1, 0.15) is 0 Å². The molecule has 0 aromatic carbocycles. The first-order valence-electron chi connectivity index (χ1n) is 4.56. The van der Waals surface area contributed by atoms with Crippen molar-refractivity contribution in [1.82, 2.24) is 5.32 Å². The van der Waals surface area contributed by atoms with E-state index in [0.29, 0.717) is 18.1 Å². The number of hydrogen-bond acceptors (Lipinski definition) is 3. The second-order valence-electron chi connectivity index (χ2n) is 3.56. The van der Waals surface area contributed by atoms with Gasteiger partial charge in [-0.2, -0.15) is 0 Å². The Hall–Kier alpha value is -0.670. The van der Waals surface area contributed by atoms with Gasteiger partial charge in [-0.25, -0.2) is 0 Å². The number of ketones is 1. The molecule has 2 rings (SSSR count). The largest absolute Gasteiger partial charge is 0.316 e. The summed E-state index contributed by atoms with van der Waals surface area (Å²) in [5.74, 6) is 0.888.